The highest BCUT2D eigenvalue weighted by molar-refractivity contribution is 5.98. The van der Waals surface area contributed by atoms with Crippen LogP contribution in [0.5, 0.6) is 0 Å². The van der Waals surface area contributed by atoms with Crippen LogP contribution in [0.4, 0.5) is 0 Å². The van der Waals surface area contributed by atoms with Crippen LogP contribution in [0.3, 0.4) is 0 Å². The van der Waals surface area contributed by atoms with E-state index in [2.05, 4.69) is 4.98 Å². The summed E-state index contributed by atoms with van der Waals surface area (Å²) in [6.45, 7) is 1.64. The van der Waals surface area contributed by atoms with Gasteiger partial charge in [-0.25, -0.2) is 0 Å². The normalized spacial score (nSPS) is 15.0. The molecule has 2 aromatic carbocycles. The zero-order valence-electron chi connectivity index (χ0n) is 15.6. The second-order valence-corrected chi connectivity index (χ2v) is 7.15. The first kappa shape index (κ1) is 18.1. The number of rotatable bonds is 4. The maximum Gasteiger partial charge on any atom is 0.253 e. The number of amidine groups is 1. The molecule has 0 spiro atoms. The van der Waals surface area contributed by atoms with Crippen molar-refractivity contribution in [1.29, 1.82) is 5.41 Å². The summed E-state index contributed by atoms with van der Waals surface area (Å²) in [5, 5.41) is 8.55. The molecule has 2 heterocycles. The molecule has 1 aliphatic heterocycles. The summed E-state index contributed by atoms with van der Waals surface area (Å²) in [6.07, 6.45) is 3.85. The highest BCUT2D eigenvalue weighted by atomic mass is 16.2. The van der Waals surface area contributed by atoms with Gasteiger partial charge in [0.25, 0.3) is 5.91 Å². The van der Waals surface area contributed by atoms with E-state index in [4.69, 9.17) is 16.9 Å². The molecule has 1 aromatic heterocycles. The van der Waals surface area contributed by atoms with Crippen LogP contribution in [0.15, 0.2) is 54.7 Å². The van der Waals surface area contributed by atoms with Crippen molar-refractivity contribution in [2.45, 2.75) is 18.9 Å². The number of amides is 1. The van der Waals surface area contributed by atoms with Crippen molar-refractivity contribution in [3.63, 3.8) is 0 Å². The molecule has 0 radical (unpaired) electrons. The first-order chi connectivity index (χ1) is 13.5. The number of nitrogens with two attached hydrogens (primary N) is 2. The van der Waals surface area contributed by atoms with Crippen molar-refractivity contribution in [3.8, 4) is 0 Å². The number of aromatic nitrogens is 1. The molecule has 6 nitrogen and oxygen atoms in total. The van der Waals surface area contributed by atoms with Gasteiger partial charge in [0.15, 0.2) is 0 Å². The summed E-state index contributed by atoms with van der Waals surface area (Å²) >= 11 is 0. The fourth-order valence-electron chi connectivity index (χ4n) is 3.76. The second kappa shape index (κ2) is 7.40. The lowest BCUT2D eigenvalue weighted by Gasteiger charge is -2.18. The Balaban J connectivity index is 1.71. The number of carbonyl (C=O) groups excluding carboxylic acids is 1. The monoisotopic (exact) mass is 373 g/mol. The van der Waals surface area contributed by atoms with Gasteiger partial charge in [0.1, 0.15) is 5.84 Å². The molecule has 0 bridgehead atoms. The Bertz CT molecular complexity index is 1060. The van der Waals surface area contributed by atoms with Crippen molar-refractivity contribution in [1.82, 2.24) is 9.88 Å². The summed E-state index contributed by atoms with van der Waals surface area (Å²) in [5.41, 5.74) is 16.0. The predicted octanol–water partition coefficient (Wildman–Crippen LogP) is 2.80. The molecule has 4 rings (SSSR count). The minimum atomic E-state index is -0.384. The molecule has 1 amide bonds. The molecule has 1 unspecified atom stereocenters. The van der Waals surface area contributed by atoms with Crippen LogP contribution in [0.1, 0.15) is 45.9 Å². The Morgan fingerprint density at radius 3 is 2.61 bits per heavy atom. The van der Waals surface area contributed by atoms with Crippen molar-refractivity contribution in [2.75, 3.05) is 13.1 Å². The smallest absolute Gasteiger partial charge is 0.253 e. The molecular formula is C22H23N5O. The average Bonchev–Trinajstić information content (AvgIpc) is 3.26. The molecule has 1 saturated heterocycles. The lowest BCUT2D eigenvalue weighted by molar-refractivity contribution is 0.0793. The van der Waals surface area contributed by atoms with Gasteiger partial charge < -0.3 is 16.4 Å². The molecule has 142 valence electrons. The van der Waals surface area contributed by atoms with Gasteiger partial charge in [-0.3, -0.25) is 15.2 Å². The van der Waals surface area contributed by atoms with Crippen molar-refractivity contribution < 1.29 is 4.79 Å². The average molecular weight is 373 g/mol. The zero-order valence-corrected chi connectivity index (χ0v) is 15.6. The summed E-state index contributed by atoms with van der Waals surface area (Å²) in [7, 11) is 0. The predicted molar refractivity (Wildman–Crippen MR) is 110 cm³/mol. The van der Waals surface area contributed by atoms with Crippen LogP contribution in [-0.2, 0) is 0 Å². The van der Waals surface area contributed by atoms with E-state index in [-0.39, 0.29) is 17.8 Å². The minimum Gasteiger partial charge on any atom is -0.384 e. The Morgan fingerprint density at radius 1 is 1.07 bits per heavy atom. The number of nitrogens with zero attached hydrogens (tertiary/aromatic N) is 2. The van der Waals surface area contributed by atoms with E-state index in [1.54, 1.807) is 12.3 Å². The SMILES string of the molecule is N=C(N)c1cccc(C(N)c2ccnc3cc(C(=O)N4CCCC4)ccc23)c1. The first-order valence-electron chi connectivity index (χ1n) is 9.42. The molecule has 3 aromatic rings. The molecular weight excluding hydrogens is 350 g/mol. The number of fused-ring (bicyclic) bond motifs is 1. The summed E-state index contributed by atoms with van der Waals surface area (Å²) in [5.74, 6) is 0.0729. The van der Waals surface area contributed by atoms with Gasteiger partial charge in [-0.2, -0.15) is 0 Å². The van der Waals surface area contributed by atoms with Crippen LogP contribution in [0, 0.1) is 5.41 Å². The number of benzene rings is 2. The molecule has 6 heteroatoms. The number of likely N-dealkylation sites (tertiary alicyclic amines) is 1. The van der Waals surface area contributed by atoms with E-state index < -0.39 is 0 Å². The van der Waals surface area contributed by atoms with Gasteiger partial charge in [-0.05, 0) is 48.2 Å². The Morgan fingerprint density at radius 2 is 1.86 bits per heavy atom. The summed E-state index contributed by atoms with van der Waals surface area (Å²) < 4.78 is 0. The number of pyridine rings is 1. The molecule has 0 aliphatic carbocycles. The van der Waals surface area contributed by atoms with Crippen LogP contribution in [0.2, 0.25) is 0 Å². The summed E-state index contributed by atoms with van der Waals surface area (Å²) in [6, 6.07) is 14.5. The van der Waals surface area contributed by atoms with E-state index in [9.17, 15) is 4.79 Å². The fourth-order valence-corrected chi connectivity index (χ4v) is 3.76. The summed E-state index contributed by atoms with van der Waals surface area (Å²) in [4.78, 5) is 19.0. The van der Waals surface area contributed by atoms with Gasteiger partial charge >= 0.3 is 0 Å². The molecule has 28 heavy (non-hydrogen) atoms. The van der Waals surface area contributed by atoms with Gasteiger partial charge in [0.05, 0.1) is 11.6 Å². The van der Waals surface area contributed by atoms with Crippen molar-refractivity contribution in [2.24, 2.45) is 11.5 Å². The largest absolute Gasteiger partial charge is 0.384 e. The first-order valence-corrected chi connectivity index (χ1v) is 9.42. The maximum absolute atomic E-state index is 12.7. The number of nitrogen functional groups attached to an aromatic ring is 1. The molecule has 1 fully saturated rings. The minimum absolute atomic E-state index is 0.0127. The van der Waals surface area contributed by atoms with Crippen molar-refractivity contribution >= 4 is 22.6 Å². The number of hydrogen-bond donors (Lipinski definition) is 3. The van der Waals surface area contributed by atoms with Crippen molar-refractivity contribution in [3.05, 3.63) is 77.0 Å². The van der Waals surface area contributed by atoms with Crippen LogP contribution < -0.4 is 11.5 Å². The lowest BCUT2D eigenvalue weighted by atomic mass is 9.94. The second-order valence-electron chi connectivity index (χ2n) is 7.15. The third-order valence-electron chi connectivity index (χ3n) is 5.31. The third kappa shape index (κ3) is 3.34. The van der Waals surface area contributed by atoms with E-state index in [0.717, 1.165) is 48.0 Å². The van der Waals surface area contributed by atoms with E-state index in [1.165, 1.54) is 0 Å². The molecule has 0 saturated carbocycles. The molecule has 5 N–H and O–H groups in total. The Hall–Kier alpha value is -3.25. The number of hydrogen-bond acceptors (Lipinski definition) is 4. The highest BCUT2D eigenvalue weighted by Crippen LogP contribution is 2.28. The lowest BCUT2D eigenvalue weighted by Crippen LogP contribution is -2.27. The van der Waals surface area contributed by atoms with Gasteiger partial charge in [-0.15, -0.1) is 0 Å². The van der Waals surface area contributed by atoms with E-state index in [0.29, 0.717) is 11.1 Å². The van der Waals surface area contributed by atoms with E-state index in [1.807, 2.05) is 47.4 Å². The number of nitrogens with one attached hydrogen (secondary N) is 1. The highest BCUT2D eigenvalue weighted by Gasteiger charge is 2.20. The molecule has 1 atom stereocenters. The zero-order chi connectivity index (χ0) is 19.7. The standard InChI is InChI=1S/C22H23N5O/c23-20(14-4-3-5-15(12-14)21(24)25)18-8-9-26-19-13-16(6-7-17(18)19)22(28)27-10-1-2-11-27/h3-9,12-13,20H,1-2,10-11,23H2,(H3,24,25). The van der Waals surface area contributed by atoms with Gasteiger partial charge in [0, 0.05) is 35.8 Å². The van der Waals surface area contributed by atoms with Crippen LogP contribution in [-0.4, -0.2) is 34.7 Å². The maximum atomic E-state index is 12.7. The topological polar surface area (TPSA) is 109 Å². The fraction of sp³-hybridized carbons (Fsp3) is 0.227. The van der Waals surface area contributed by atoms with E-state index >= 15 is 0 Å². The van der Waals surface area contributed by atoms with Crippen LogP contribution >= 0.6 is 0 Å². The third-order valence-corrected chi connectivity index (χ3v) is 5.31. The van der Waals surface area contributed by atoms with Gasteiger partial charge in [-0.1, -0.05) is 24.3 Å². The Kier molecular flexibility index (Phi) is 4.79. The number of carbonyl (C=O) groups is 1. The van der Waals surface area contributed by atoms with Crippen LogP contribution in [0.25, 0.3) is 10.9 Å². The quantitative estimate of drug-likeness (QED) is 0.482. The van der Waals surface area contributed by atoms with Gasteiger partial charge in [0.2, 0.25) is 0 Å². The Labute approximate surface area is 163 Å². The molecule has 1 aliphatic rings.